The van der Waals surface area contributed by atoms with Crippen LogP contribution >= 0.6 is 0 Å². The van der Waals surface area contributed by atoms with E-state index >= 15 is 0 Å². The molecule has 0 heterocycles. The van der Waals surface area contributed by atoms with Gasteiger partial charge < -0.3 is 10.1 Å². The SMILES string of the molecule is CNS(=O)(=O)c1ccc(NCC(C)(C)OC)cc1. The smallest absolute Gasteiger partial charge is 0.240 e. The van der Waals surface area contributed by atoms with Crippen molar-refractivity contribution in [3.63, 3.8) is 0 Å². The van der Waals surface area contributed by atoms with E-state index in [9.17, 15) is 8.42 Å². The number of nitrogens with one attached hydrogen (secondary N) is 2. The van der Waals surface area contributed by atoms with Gasteiger partial charge in [-0.1, -0.05) is 0 Å². The van der Waals surface area contributed by atoms with Crippen molar-refractivity contribution >= 4 is 15.7 Å². The molecule has 102 valence electrons. The molecular weight excluding hydrogens is 252 g/mol. The highest BCUT2D eigenvalue weighted by Crippen LogP contribution is 2.15. The molecule has 18 heavy (non-hydrogen) atoms. The Balaban J connectivity index is 2.73. The summed E-state index contributed by atoms with van der Waals surface area (Å²) in [6, 6.07) is 6.59. The van der Waals surface area contributed by atoms with Crippen LogP contribution in [0.3, 0.4) is 0 Å². The van der Waals surface area contributed by atoms with E-state index in [4.69, 9.17) is 4.74 Å². The highest BCUT2D eigenvalue weighted by Gasteiger charge is 2.16. The lowest BCUT2D eigenvalue weighted by atomic mass is 10.1. The number of methoxy groups -OCH3 is 1. The molecule has 6 heteroatoms. The van der Waals surface area contributed by atoms with Gasteiger partial charge in [0.25, 0.3) is 0 Å². The number of hydrogen-bond acceptors (Lipinski definition) is 4. The first-order valence-corrected chi connectivity index (χ1v) is 7.12. The van der Waals surface area contributed by atoms with Crippen LogP contribution in [-0.2, 0) is 14.8 Å². The van der Waals surface area contributed by atoms with Crippen molar-refractivity contribution in [3.8, 4) is 0 Å². The molecule has 5 nitrogen and oxygen atoms in total. The van der Waals surface area contributed by atoms with Gasteiger partial charge in [0.2, 0.25) is 10.0 Å². The number of rotatable bonds is 6. The molecule has 0 atom stereocenters. The van der Waals surface area contributed by atoms with Crippen molar-refractivity contribution < 1.29 is 13.2 Å². The van der Waals surface area contributed by atoms with Crippen LogP contribution in [0.2, 0.25) is 0 Å². The van der Waals surface area contributed by atoms with Gasteiger partial charge in [-0.15, -0.1) is 0 Å². The molecule has 0 saturated heterocycles. The van der Waals surface area contributed by atoms with E-state index in [1.165, 1.54) is 7.05 Å². The summed E-state index contributed by atoms with van der Waals surface area (Å²) in [6.45, 7) is 4.58. The monoisotopic (exact) mass is 272 g/mol. The average molecular weight is 272 g/mol. The molecule has 0 aliphatic rings. The highest BCUT2D eigenvalue weighted by molar-refractivity contribution is 7.89. The Morgan fingerprint density at radius 2 is 1.78 bits per heavy atom. The molecule has 0 unspecified atom stereocenters. The van der Waals surface area contributed by atoms with Crippen molar-refractivity contribution in [1.29, 1.82) is 0 Å². The molecule has 0 aliphatic heterocycles. The summed E-state index contributed by atoms with van der Waals surface area (Å²) in [5.74, 6) is 0. The third kappa shape index (κ3) is 3.97. The Morgan fingerprint density at radius 3 is 2.22 bits per heavy atom. The van der Waals surface area contributed by atoms with E-state index in [1.54, 1.807) is 31.4 Å². The zero-order valence-electron chi connectivity index (χ0n) is 11.1. The Morgan fingerprint density at radius 1 is 1.22 bits per heavy atom. The quantitative estimate of drug-likeness (QED) is 0.822. The van der Waals surface area contributed by atoms with Crippen LogP contribution in [0.1, 0.15) is 13.8 Å². The van der Waals surface area contributed by atoms with Gasteiger partial charge in [-0.3, -0.25) is 0 Å². The number of anilines is 1. The molecule has 0 amide bonds. The van der Waals surface area contributed by atoms with Crippen LogP contribution < -0.4 is 10.0 Å². The number of benzene rings is 1. The summed E-state index contributed by atoms with van der Waals surface area (Å²) in [5, 5.41) is 3.19. The zero-order chi connectivity index (χ0) is 13.8. The van der Waals surface area contributed by atoms with E-state index in [0.29, 0.717) is 6.54 Å². The van der Waals surface area contributed by atoms with Gasteiger partial charge in [0.1, 0.15) is 0 Å². The maximum atomic E-state index is 11.5. The van der Waals surface area contributed by atoms with Crippen LogP contribution in [0.4, 0.5) is 5.69 Å². The van der Waals surface area contributed by atoms with Gasteiger partial charge in [0.15, 0.2) is 0 Å². The first kappa shape index (κ1) is 14.9. The van der Waals surface area contributed by atoms with Gasteiger partial charge in [0.05, 0.1) is 10.5 Å². The normalized spacial score (nSPS) is 12.4. The minimum atomic E-state index is -3.37. The average Bonchev–Trinajstić information content (AvgIpc) is 2.37. The fourth-order valence-corrected chi connectivity index (χ4v) is 1.99. The Hall–Kier alpha value is -1.11. The van der Waals surface area contributed by atoms with Crippen molar-refractivity contribution in [3.05, 3.63) is 24.3 Å². The van der Waals surface area contributed by atoms with Gasteiger partial charge in [-0.05, 0) is 45.2 Å². The largest absolute Gasteiger partial charge is 0.382 e. The lowest BCUT2D eigenvalue weighted by molar-refractivity contribution is 0.0344. The van der Waals surface area contributed by atoms with E-state index in [1.807, 2.05) is 13.8 Å². The number of ether oxygens (including phenoxy) is 1. The fourth-order valence-electron chi connectivity index (χ4n) is 1.26. The first-order chi connectivity index (χ1) is 8.30. The summed E-state index contributed by atoms with van der Waals surface area (Å²) in [6.07, 6.45) is 0. The van der Waals surface area contributed by atoms with E-state index in [2.05, 4.69) is 10.0 Å². The second-order valence-electron chi connectivity index (χ2n) is 4.55. The molecule has 0 bridgehead atoms. The molecule has 1 aromatic carbocycles. The maximum Gasteiger partial charge on any atom is 0.240 e. The molecular formula is C12H20N2O3S. The summed E-state index contributed by atoms with van der Waals surface area (Å²) >= 11 is 0. The standard InChI is InChI=1S/C12H20N2O3S/c1-12(2,17-4)9-14-10-5-7-11(8-6-10)18(15,16)13-3/h5-8,13-14H,9H2,1-4H3. The third-order valence-corrected chi connectivity index (χ3v) is 4.13. The minimum absolute atomic E-state index is 0.251. The molecule has 1 rings (SSSR count). The van der Waals surface area contributed by atoms with E-state index < -0.39 is 10.0 Å². The number of hydrogen-bond donors (Lipinski definition) is 2. The van der Waals surface area contributed by atoms with Crippen LogP contribution in [-0.4, -0.2) is 34.7 Å². The lowest BCUT2D eigenvalue weighted by Crippen LogP contribution is -2.32. The van der Waals surface area contributed by atoms with Crippen molar-refractivity contribution in [1.82, 2.24) is 4.72 Å². The fraction of sp³-hybridized carbons (Fsp3) is 0.500. The second-order valence-corrected chi connectivity index (χ2v) is 6.44. The maximum absolute atomic E-state index is 11.5. The first-order valence-electron chi connectivity index (χ1n) is 5.63. The Bertz CT molecular complexity index is 481. The summed E-state index contributed by atoms with van der Waals surface area (Å²) < 4.78 is 30.6. The van der Waals surface area contributed by atoms with E-state index in [0.717, 1.165) is 5.69 Å². The van der Waals surface area contributed by atoms with Gasteiger partial charge in [-0.2, -0.15) is 0 Å². The van der Waals surface area contributed by atoms with Crippen molar-refractivity contribution in [2.75, 3.05) is 26.0 Å². The lowest BCUT2D eigenvalue weighted by Gasteiger charge is -2.23. The molecule has 0 aliphatic carbocycles. The topological polar surface area (TPSA) is 67.4 Å². The summed E-state index contributed by atoms with van der Waals surface area (Å²) in [5.41, 5.74) is 0.589. The van der Waals surface area contributed by atoms with Crippen LogP contribution in [0.15, 0.2) is 29.2 Å². The zero-order valence-corrected chi connectivity index (χ0v) is 12.0. The summed E-state index contributed by atoms with van der Waals surface area (Å²) in [7, 11) is -0.317. The molecule has 0 spiro atoms. The summed E-state index contributed by atoms with van der Waals surface area (Å²) in [4.78, 5) is 0.251. The van der Waals surface area contributed by atoms with Crippen LogP contribution in [0.5, 0.6) is 0 Å². The highest BCUT2D eigenvalue weighted by atomic mass is 32.2. The van der Waals surface area contributed by atoms with Crippen molar-refractivity contribution in [2.45, 2.75) is 24.3 Å². The molecule has 0 radical (unpaired) electrons. The number of sulfonamides is 1. The Labute approximate surface area is 109 Å². The molecule has 0 saturated carbocycles. The van der Waals surface area contributed by atoms with Crippen LogP contribution in [0, 0.1) is 0 Å². The third-order valence-electron chi connectivity index (χ3n) is 2.70. The predicted octanol–water partition coefficient (Wildman–Crippen LogP) is 1.43. The Kier molecular flexibility index (Phi) is 4.72. The van der Waals surface area contributed by atoms with E-state index in [-0.39, 0.29) is 10.5 Å². The van der Waals surface area contributed by atoms with Gasteiger partial charge in [0, 0.05) is 19.3 Å². The molecule has 2 N–H and O–H groups in total. The molecule has 0 fully saturated rings. The van der Waals surface area contributed by atoms with Crippen LogP contribution in [0.25, 0.3) is 0 Å². The van der Waals surface area contributed by atoms with Gasteiger partial charge >= 0.3 is 0 Å². The molecule has 1 aromatic rings. The van der Waals surface area contributed by atoms with Gasteiger partial charge in [-0.25, -0.2) is 13.1 Å². The minimum Gasteiger partial charge on any atom is -0.382 e. The van der Waals surface area contributed by atoms with Crippen molar-refractivity contribution in [2.24, 2.45) is 0 Å². The second kappa shape index (κ2) is 5.69. The molecule has 0 aromatic heterocycles. The predicted molar refractivity (Wildman–Crippen MR) is 72.3 cm³/mol.